The Morgan fingerprint density at radius 3 is 2.84 bits per heavy atom. The van der Waals surface area contributed by atoms with Crippen LogP contribution in [-0.4, -0.2) is 0 Å². The van der Waals surface area contributed by atoms with Crippen molar-refractivity contribution in [2.24, 2.45) is 0 Å². The number of anilines is 1. The molecular formula is C16H15NS2. The maximum Gasteiger partial charge on any atom is 0.0354 e. The second-order valence-corrected chi connectivity index (χ2v) is 6.44. The predicted molar refractivity (Wildman–Crippen MR) is 87.0 cm³/mol. The van der Waals surface area contributed by atoms with Crippen LogP contribution < -0.4 is 5.73 Å². The van der Waals surface area contributed by atoms with E-state index < -0.39 is 0 Å². The number of thiophene rings is 1. The highest BCUT2D eigenvalue weighted by molar-refractivity contribution is 7.98. The molecule has 0 spiro atoms. The van der Waals surface area contributed by atoms with Crippen LogP contribution in [0.4, 0.5) is 5.69 Å². The van der Waals surface area contributed by atoms with E-state index in [1.165, 1.54) is 26.1 Å². The van der Waals surface area contributed by atoms with E-state index >= 15 is 0 Å². The monoisotopic (exact) mass is 285 g/mol. The van der Waals surface area contributed by atoms with Crippen molar-refractivity contribution in [3.8, 4) is 0 Å². The van der Waals surface area contributed by atoms with Gasteiger partial charge in [-0.1, -0.05) is 24.3 Å². The van der Waals surface area contributed by atoms with Crippen molar-refractivity contribution in [3.05, 3.63) is 59.0 Å². The first-order valence-electron chi connectivity index (χ1n) is 6.18. The van der Waals surface area contributed by atoms with E-state index in [0.29, 0.717) is 0 Å². The Kier molecular flexibility index (Phi) is 3.49. The standard InChI is InChI=1S/C16H15NS2/c1-11-14(17)6-4-8-15(11)18-9-12-10-19-16-7-3-2-5-13(12)16/h2-8,10H,9,17H2,1H3. The third kappa shape index (κ3) is 2.48. The Morgan fingerprint density at radius 2 is 1.95 bits per heavy atom. The number of fused-ring (bicyclic) bond motifs is 1. The van der Waals surface area contributed by atoms with E-state index in [4.69, 9.17) is 5.73 Å². The summed E-state index contributed by atoms with van der Waals surface area (Å²) in [5.74, 6) is 0.994. The van der Waals surface area contributed by atoms with Gasteiger partial charge in [0.05, 0.1) is 0 Å². The van der Waals surface area contributed by atoms with Gasteiger partial charge in [0.15, 0.2) is 0 Å². The van der Waals surface area contributed by atoms with Gasteiger partial charge in [-0.2, -0.15) is 0 Å². The van der Waals surface area contributed by atoms with E-state index in [2.05, 4.69) is 42.6 Å². The first-order valence-corrected chi connectivity index (χ1v) is 8.05. The molecule has 0 saturated carbocycles. The molecule has 1 heterocycles. The molecule has 0 fully saturated rings. The molecule has 2 aromatic carbocycles. The molecule has 0 aliphatic heterocycles. The van der Waals surface area contributed by atoms with Gasteiger partial charge in [0.2, 0.25) is 0 Å². The van der Waals surface area contributed by atoms with E-state index in [-0.39, 0.29) is 0 Å². The molecular weight excluding hydrogens is 270 g/mol. The molecule has 3 aromatic rings. The molecule has 96 valence electrons. The fraction of sp³-hybridized carbons (Fsp3) is 0.125. The van der Waals surface area contributed by atoms with Gasteiger partial charge >= 0.3 is 0 Å². The zero-order chi connectivity index (χ0) is 13.2. The number of nitrogen functional groups attached to an aromatic ring is 1. The number of rotatable bonds is 3. The van der Waals surface area contributed by atoms with Crippen LogP contribution >= 0.6 is 23.1 Å². The summed E-state index contributed by atoms with van der Waals surface area (Å²) in [4.78, 5) is 1.27. The summed E-state index contributed by atoms with van der Waals surface area (Å²) in [7, 11) is 0. The summed E-state index contributed by atoms with van der Waals surface area (Å²) in [5.41, 5.74) is 9.42. The van der Waals surface area contributed by atoms with E-state index in [9.17, 15) is 0 Å². The maximum atomic E-state index is 5.95. The molecule has 1 nitrogen and oxygen atoms in total. The molecule has 2 N–H and O–H groups in total. The lowest BCUT2D eigenvalue weighted by Crippen LogP contribution is -1.90. The average Bonchev–Trinajstić information content (AvgIpc) is 2.84. The Morgan fingerprint density at radius 1 is 1.11 bits per heavy atom. The first-order chi connectivity index (χ1) is 9.25. The molecule has 3 rings (SSSR count). The summed E-state index contributed by atoms with van der Waals surface area (Å²) in [6.45, 7) is 2.09. The van der Waals surface area contributed by atoms with Crippen LogP contribution in [0.15, 0.2) is 52.7 Å². The van der Waals surface area contributed by atoms with E-state index in [1.807, 2.05) is 35.2 Å². The number of hydrogen-bond acceptors (Lipinski definition) is 3. The van der Waals surface area contributed by atoms with E-state index in [1.54, 1.807) is 0 Å². The lowest BCUT2D eigenvalue weighted by Gasteiger charge is -2.07. The van der Waals surface area contributed by atoms with Crippen LogP contribution in [0.2, 0.25) is 0 Å². The third-order valence-electron chi connectivity index (χ3n) is 3.27. The van der Waals surface area contributed by atoms with Gasteiger partial charge in [0.25, 0.3) is 0 Å². The molecule has 0 aliphatic rings. The average molecular weight is 285 g/mol. The third-order valence-corrected chi connectivity index (χ3v) is 5.49. The van der Waals surface area contributed by atoms with Gasteiger partial charge in [0, 0.05) is 21.0 Å². The highest BCUT2D eigenvalue weighted by atomic mass is 32.2. The summed E-state index contributed by atoms with van der Waals surface area (Å²) in [6, 6.07) is 14.7. The van der Waals surface area contributed by atoms with Crippen molar-refractivity contribution in [3.63, 3.8) is 0 Å². The van der Waals surface area contributed by atoms with Crippen molar-refractivity contribution in [2.45, 2.75) is 17.6 Å². The molecule has 0 atom stereocenters. The van der Waals surface area contributed by atoms with Crippen molar-refractivity contribution in [2.75, 3.05) is 5.73 Å². The lowest BCUT2D eigenvalue weighted by atomic mass is 10.2. The molecule has 0 bridgehead atoms. The van der Waals surface area contributed by atoms with Gasteiger partial charge in [0.1, 0.15) is 0 Å². The molecule has 0 amide bonds. The van der Waals surface area contributed by atoms with Gasteiger partial charge in [-0.3, -0.25) is 0 Å². The minimum Gasteiger partial charge on any atom is -0.398 e. The second-order valence-electron chi connectivity index (χ2n) is 4.52. The van der Waals surface area contributed by atoms with Crippen LogP contribution in [-0.2, 0) is 5.75 Å². The van der Waals surface area contributed by atoms with Crippen LogP contribution in [0, 0.1) is 6.92 Å². The summed E-state index contributed by atoms with van der Waals surface area (Å²) in [6.07, 6.45) is 0. The Labute approximate surface area is 121 Å². The molecule has 0 unspecified atom stereocenters. The number of nitrogens with two attached hydrogens (primary N) is 1. The largest absolute Gasteiger partial charge is 0.398 e. The van der Waals surface area contributed by atoms with Crippen molar-refractivity contribution in [1.29, 1.82) is 0 Å². The zero-order valence-corrected chi connectivity index (χ0v) is 12.4. The van der Waals surface area contributed by atoms with Crippen LogP contribution in [0.5, 0.6) is 0 Å². The van der Waals surface area contributed by atoms with Crippen LogP contribution in [0.25, 0.3) is 10.1 Å². The molecule has 0 saturated heterocycles. The van der Waals surface area contributed by atoms with Crippen LogP contribution in [0.3, 0.4) is 0 Å². The minimum absolute atomic E-state index is 0.875. The Hall–Kier alpha value is -1.45. The number of benzene rings is 2. The molecule has 0 radical (unpaired) electrons. The van der Waals surface area contributed by atoms with Crippen LogP contribution in [0.1, 0.15) is 11.1 Å². The fourth-order valence-corrected chi connectivity index (χ4v) is 4.22. The Bertz CT molecular complexity index is 716. The summed E-state index contributed by atoms with van der Waals surface area (Å²) in [5, 5.41) is 3.64. The fourth-order valence-electron chi connectivity index (χ4n) is 2.09. The number of thioether (sulfide) groups is 1. The van der Waals surface area contributed by atoms with Gasteiger partial charge in [-0.15, -0.1) is 23.1 Å². The van der Waals surface area contributed by atoms with Crippen molar-refractivity contribution in [1.82, 2.24) is 0 Å². The summed E-state index contributed by atoms with van der Waals surface area (Å²) < 4.78 is 1.36. The molecule has 0 aliphatic carbocycles. The topological polar surface area (TPSA) is 26.0 Å². The van der Waals surface area contributed by atoms with Crippen molar-refractivity contribution >= 4 is 38.9 Å². The lowest BCUT2D eigenvalue weighted by molar-refractivity contribution is 1.30. The van der Waals surface area contributed by atoms with Gasteiger partial charge in [-0.25, -0.2) is 0 Å². The maximum absolute atomic E-state index is 5.95. The summed E-state index contributed by atoms with van der Waals surface area (Å²) >= 11 is 3.68. The molecule has 3 heteroatoms. The highest BCUT2D eigenvalue weighted by Gasteiger charge is 2.06. The smallest absolute Gasteiger partial charge is 0.0354 e. The second kappa shape index (κ2) is 5.27. The highest BCUT2D eigenvalue weighted by Crippen LogP contribution is 2.33. The Balaban J connectivity index is 1.84. The minimum atomic E-state index is 0.875. The normalized spacial score (nSPS) is 11.0. The first kappa shape index (κ1) is 12.6. The van der Waals surface area contributed by atoms with Gasteiger partial charge < -0.3 is 5.73 Å². The molecule has 1 aromatic heterocycles. The number of hydrogen-bond donors (Lipinski definition) is 1. The molecule has 19 heavy (non-hydrogen) atoms. The quantitative estimate of drug-likeness (QED) is 0.536. The SMILES string of the molecule is Cc1c(N)cccc1SCc1csc2ccccc12. The van der Waals surface area contributed by atoms with Crippen molar-refractivity contribution < 1.29 is 0 Å². The zero-order valence-electron chi connectivity index (χ0n) is 10.7. The van der Waals surface area contributed by atoms with E-state index in [0.717, 1.165) is 11.4 Å². The van der Waals surface area contributed by atoms with Gasteiger partial charge in [-0.05, 0) is 47.0 Å². The predicted octanol–water partition coefficient (Wildman–Crippen LogP) is 5.08.